The summed E-state index contributed by atoms with van der Waals surface area (Å²) in [5.41, 5.74) is 0.607. The van der Waals surface area contributed by atoms with Gasteiger partial charge in [-0.05, 0) is 23.8 Å². The summed E-state index contributed by atoms with van der Waals surface area (Å²) in [6.45, 7) is 0.785. The van der Waals surface area contributed by atoms with Crippen LogP contribution in [-0.4, -0.2) is 30.9 Å². The molecule has 3 rings (SSSR count). The number of rotatable bonds is 6. The van der Waals surface area contributed by atoms with E-state index in [2.05, 4.69) is 5.32 Å². The molecule has 1 heterocycles. The number of nitrogens with one attached hydrogen (secondary N) is 1. The summed E-state index contributed by atoms with van der Waals surface area (Å²) in [6, 6.07) is 14.0. The largest absolute Gasteiger partial charge is 0.486 e. The predicted molar refractivity (Wildman–Crippen MR) is 91.9 cm³/mol. The molecule has 1 atom stereocenters. The number of carbonyl (C=O) groups is 1. The number of para-hydroxylation sites is 2. The maximum absolute atomic E-state index is 13.5. The maximum atomic E-state index is 13.5. The lowest BCUT2D eigenvalue weighted by Gasteiger charge is -2.26. The van der Waals surface area contributed by atoms with Crippen LogP contribution in [0.1, 0.15) is 5.56 Å². The fourth-order valence-corrected chi connectivity index (χ4v) is 3.16. The van der Waals surface area contributed by atoms with Crippen molar-refractivity contribution < 1.29 is 18.7 Å². The number of hydrogen-bond acceptors (Lipinski definition) is 4. The van der Waals surface area contributed by atoms with Gasteiger partial charge in [0, 0.05) is 5.75 Å². The van der Waals surface area contributed by atoms with E-state index in [0.29, 0.717) is 30.2 Å². The second kappa shape index (κ2) is 8.06. The minimum Gasteiger partial charge on any atom is -0.486 e. The van der Waals surface area contributed by atoms with Gasteiger partial charge in [-0.25, -0.2) is 4.39 Å². The Morgan fingerprint density at radius 3 is 2.75 bits per heavy atom. The van der Waals surface area contributed by atoms with Crippen LogP contribution in [0.5, 0.6) is 11.5 Å². The smallest absolute Gasteiger partial charge is 0.230 e. The number of thioether (sulfide) groups is 1. The molecule has 1 N–H and O–H groups in total. The van der Waals surface area contributed by atoms with Crippen LogP contribution in [0.3, 0.4) is 0 Å². The van der Waals surface area contributed by atoms with E-state index in [1.807, 2.05) is 24.3 Å². The van der Waals surface area contributed by atoms with Gasteiger partial charge in [-0.15, -0.1) is 11.8 Å². The highest BCUT2D eigenvalue weighted by molar-refractivity contribution is 7.99. The highest BCUT2D eigenvalue weighted by atomic mass is 32.2. The monoisotopic (exact) mass is 347 g/mol. The molecule has 126 valence electrons. The Hall–Kier alpha value is -2.21. The molecule has 2 aromatic carbocycles. The Balaban J connectivity index is 1.38. The van der Waals surface area contributed by atoms with Crippen LogP contribution >= 0.6 is 11.8 Å². The van der Waals surface area contributed by atoms with Crippen molar-refractivity contribution in [1.82, 2.24) is 5.32 Å². The van der Waals surface area contributed by atoms with Gasteiger partial charge in [0.2, 0.25) is 5.91 Å². The van der Waals surface area contributed by atoms with Crippen LogP contribution in [0.2, 0.25) is 0 Å². The van der Waals surface area contributed by atoms with Crippen molar-refractivity contribution in [2.75, 3.05) is 18.9 Å². The van der Waals surface area contributed by atoms with Crippen molar-refractivity contribution in [2.24, 2.45) is 0 Å². The minimum absolute atomic E-state index is 0.0983. The molecule has 0 saturated heterocycles. The van der Waals surface area contributed by atoms with Crippen LogP contribution in [0.4, 0.5) is 4.39 Å². The summed E-state index contributed by atoms with van der Waals surface area (Å²) < 4.78 is 24.9. The fraction of sp³-hybridized carbons (Fsp3) is 0.278. The van der Waals surface area contributed by atoms with E-state index in [9.17, 15) is 9.18 Å². The van der Waals surface area contributed by atoms with E-state index in [1.54, 1.807) is 18.2 Å². The van der Waals surface area contributed by atoms with Crippen LogP contribution in [0.25, 0.3) is 0 Å². The first kappa shape index (κ1) is 16.6. The first-order valence-electron chi connectivity index (χ1n) is 7.68. The van der Waals surface area contributed by atoms with Crippen molar-refractivity contribution in [3.63, 3.8) is 0 Å². The summed E-state index contributed by atoms with van der Waals surface area (Å²) in [4.78, 5) is 11.9. The van der Waals surface area contributed by atoms with Crippen LogP contribution in [-0.2, 0) is 10.5 Å². The Bertz CT molecular complexity index is 710. The summed E-state index contributed by atoms with van der Waals surface area (Å²) in [5.74, 6) is 1.82. The molecule has 0 fully saturated rings. The number of ether oxygens (including phenoxy) is 2. The molecule has 24 heavy (non-hydrogen) atoms. The first-order valence-corrected chi connectivity index (χ1v) is 8.84. The lowest BCUT2D eigenvalue weighted by Crippen LogP contribution is -2.41. The van der Waals surface area contributed by atoms with Crippen molar-refractivity contribution >= 4 is 17.7 Å². The summed E-state index contributed by atoms with van der Waals surface area (Å²) in [7, 11) is 0. The van der Waals surface area contributed by atoms with Gasteiger partial charge in [0.1, 0.15) is 18.5 Å². The van der Waals surface area contributed by atoms with E-state index in [-0.39, 0.29) is 23.6 Å². The summed E-state index contributed by atoms with van der Waals surface area (Å²) in [6.07, 6.45) is -0.208. The number of halogens is 1. The molecule has 1 aliphatic rings. The number of hydrogen-bond donors (Lipinski definition) is 1. The molecular formula is C18H18FNO3S. The van der Waals surface area contributed by atoms with Gasteiger partial charge in [0.05, 0.1) is 12.3 Å². The first-order chi connectivity index (χ1) is 11.7. The molecule has 0 unspecified atom stereocenters. The lowest BCUT2D eigenvalue weighted by molar-refractivity contribution is -0.119. The second-order valence-corrected chi connectivity index (χ2v) is 6.37. The number of fused-ring (bicyclic) bond motifs is 1. The van der Waals surface area contributed by atoms with Crippen LogP contribution < -0.4 is 14.8 Å². The number of amides is 1. The van der Waals surface area contributed by atoms with Crippen molar-refractivity contribution in [3.05, 3.63) is 59.9 Å². The molecule has 0 bridgehead atoms. The van der Waals surface area contributed by atoms with Gasteiger partial charge in [0.25, 0.3) is 0 Å². The zero-order chi connectivity index (χ0) is 16.8. The molecule has 0 radical (unpaired) electrons. The van der Waals surface area contributed by atoms with Crippen molar-refractivity contribution in [1.29, 1.82) is 0 Å². The van der Waals surface area contributed by atoms with E-state index in [4.69, 9.17) is 9.47 Å². The van der Waals surface area contributed by atoms with Crippen LogP contribution in [0, 0.1) is 5.82 Å². The second-order valence-electron chi connectivity index (χ2n) is 5.39. The van der Waals surface area contributed by atoms with Crippen molar-refractivity contribution in [3.8, 4) is 11.5 Å². The molecule has 1 amide bonds. The third-order valence-electron chi connectivity index (χ3n) is 3.54. The molecule has 1 aliphatic heterocycles. The van der Waals surface area contributed by atoms with Gasteiger partial charge < -0.3 is 14.8 Å². The molecule has 2 aromatic rings. The molecule has 6 heteroatoms. The normalized spacial score (nSPS) is 15.8. The minimum atomic E-state index is -0.239. The van der Waals surface area contributed by atoms with Gasteiger partial charge in [-0.2, -0.15) is 0 Å². The highest BCUT2D eigenvalue weighted by Gasteiger charge is 2.20. The van der Waals surface area contributed by atoms with Gasteiger partial charge in [0.15, 0.2) is 11.5 Å². The zero-order valence-corrected chi connectivity index (χ0v) is 13.9. The van der Waals surface area contributed by atoms with Gasteiger partial charge in [-0.1, -0.05) is 30.3 Å². The quantitative estimate of drug-likeness (QED) is 0.873. The van der Waals surface area contributed by atoms with Crippen LogP contribution in [0.15, 0.2) is 48.5 Å². The predicted octanol–water partition coefficient (Wildman–Crippen LogP) is 3.02. The van der Waals surface area contributed by atoms with E-state index in [0.717, 1.165) is 5.75 Å². The SMILES string of the molecule is O=C(CSCc1ccccc1F)NC[C@H]1COc2ccccc2O1. The van der Waals surface area contributed by atoms with E-state index < -0.39 is 0 Å². The third-order valence-corrected chi connectivity index (χ3v) is 4.52. The highest BCUT2D eigenvalue weighted by Crippen LogP contribution is 2.30. The Kier molecular flexibility index (Phi) is 5.59. The molecule has 0 saturated carbocycles. The van der Waals surface area contributed by atoms with Gasteiger partial charge in [-0.3, -0.25) is 4.79 Å². The molecule has 4 nitrogen and oxygen atoms in total. The number of benzene rings is 2. The molecular weight excluding hydrogens is 329 g/mol. The molecule has 0 aliphatic carbocycles. The average Bonchev–Trinajstić information content (AvgIpc) is 2.61. The maximum Gasteiger partial charge on any atom is 0.230 e. The Morgan fingerprint density at radius 1 is 1.17 bits per heavy atom. The molecule has 0 aromatic heterocycles. The average molecular weight is 347 g/mol. The van der Waals surface area contributed by atoms with E-state index >= 15 is 0 Å². The topological polar surface area (TPSA) is 47.6 Å². The summed E-state index contributed by atoms with van der Waals surface area (Å²) >= 11 is 1.38. The summed E-state index contributed by atoms with van der Waals surface area (Å²) in [5, 5.41) is 2.83. The standard InChI is InChI=1S/C18H18FNO3S/c19-15-6-2-1-5-13(15)11-24-12-18(21)20-9-14-10-22-16-7-3-4-8-17(16)23-14/h1-8,14H,9-12H2,(H,20,21)/t14-/m0/s1. The Labute approximate surface area is 144 Å². The van der Waals surface area contributed by atoms with Gasteiger partial charge >= 0.3 is 0 Å². The van der Waals surface area contributed by atoms with E-state index in [1.165, 1.54) is 17.8 Å². The lowest BCUT2D eigenvalue weighted by atomic mass is 10.2. The zero-order valence-electron chi connectivity index (χ0n) is 13.0. The van der Waals surface area contributed by atoms with Crippen molar-refractivity contribution in [2.45, 2.75) is 11.9 Å². The Morgan fingerprint density at radius 2 is 1.92 bits per heavy atom. The molecule has 0 spiro atoms. The fourth-order valence-electron chi connectivity index (χ4n) is 2.31. The number of carbonyl (C=O) groups excluding carboxylic acids is 1. The third kappa shape index (κ3) is 4.41.